The number of ketones is 1. The van der Waals surface area contributed by atoms with Crippen molar-refractivity contribution in [3.63, 3.8) is 0 Å². The molecule has 2 N–H and O–H groups in total. The van der Waals surface area contributed by atoms with Crippen LogP contribution >= 0.6 is 0 Å². The van der Waals surface area contributed by atoms with Crippen LogP contribution in [0.25, 0.3) is 11.0 Å². The third-order valence-corrected chi connectivity index (χ3v) is 6.92. The van der Waals surface area contributed by atoms with Gasteiger partial charge in [0.25, 0.3) is 0 Å². The van der Waals surface area contributed by atoms with Gasteiger partial charge >= 0.3 is 11.9 Å². The average Bonchev–Trinajstić information content (AvgIpc) is 3.39. The molecule has 0 spiro atoms. The van der Waals surface area contributed by atoms with Gasteiger partial charge in [-0.05, 0) is 86.8 Å². The first-order chi connectivity index (χ1) is 21.2. The van der Waals surface area contributed by atoms with Crippen LogP contribution in [-0.2, 0) is 20.8 Å². The van der Waals surface area contributed by atoms with Crippen LogP contribution in [0.5, 0.6) is 5.75 Å². The molecule has 0 amide bonds. The van der Waals surface area contributed by atoms with Gasteiger partial charge in [-0.25, -0.2) is 9.59 Å². The van der Waals surface area contributed by atoms with Crippen LogP contribution in [0.2, 0.25) is 0 Å². The van der Waals surface area contributed by atoms with Gasteiger partial charge in [-0.15, -0.1) is 0 Å². The Labute approximate surface area is 259 Å². The van der Waals surface area contributed by atoms with Gasteiger partial charge in [-0.2, -0.15) is 0 Å². The molecule has 0 bridgehead atoms. The average molecular weight is 611 g/mol. The predicted octanol–water partition coefficient (Wildman–Crippen LogP) is 6.81. The summed E-state index contributed by atoms with van der Waals surface area (Å²) >= 11 is 0. The summed E-state index contributed by atoms with van der Waals surface area (Å²) in [4.78, 5) is 39.3. The van der Waals surface area contributed by atoms with E-state index in [1.165, 1.54) is 32.8 Å². The van der Waals surface area contributed by atoms with Gasteiger partial charge in [0.05, 0.1) is 18.4 Å². The molecule has 0 saturated carbocycles. The molecule has 0 atom stereocenters. The lowest BCUT2D eigenvalue weighted by Gasteiger charge is -2.21. The van der Waals surface area contributed by atoms with Gasteiger partial charge in [-0.1, -0.05) is 45.2 Å². The number of hydrogen-bond acceptors (Lipinski definition) is 8. The molecule has 3 rings (SSSR count). The summed E-state index contributed by atoms with van der Waals surface area (Å²) in [6, 6.07) is 13.2. The van der Waals surface area contributed by atoms with Crippen molar-refractivity contribution < 1.29 is 38.6 Å². The molecule has 1 aromatic heterocycles. The summed E-state index contributed by atoms with van der Waals surface area (Å²) in [6.45, 7) is 10.7. The highest BCUT2D eigenvalue weighted by Crippen LogP contribution is 2.30. The third-order valence-electron chi connectivity index (χ3n) is 6.92. The normalized spacial score (nSPS) is 11.0. The van der Waals surface area contributed by atoms with Gasteiger partial charge in [0.15, 0.2) is 5.78 Å². The minimum absolute atomic E-state index is 0.0373. The number of nitrogens with zero attached hydrogens (tertiary/aromatic N) is 2. The molecule has 0 aliphatic rings. The maximum absolute atomic E-state index is 13.7. The second-order valence-electron chi connectivity index (χ2n) is 10.4. The number of aryl methyl sites for hydroxylation is 1. The zero-order valence-corrected chi connectivity index (χ0v) is 26.3. The Hall–Kier alpha value is -4.18. The summed E-state index contributed by atoms with van der Waals surface area (Å²) in [7, 11) is 1.51. The van der Waals surface area contributed by atoms with Crippen molar-refractivity contribution in [1.82, 2.24) is 4.90 Å². The van der Waals surface area contributed by atoms with Crippen LogP contribution in [0, 0.1) is 0 Å². The number of oxime groups is 1. The van der Waals surface area contributed by atoms with E-state index in [0.29, 0.717) is 23.3 Å². The van der Waals surface area contributed by atoms with Crippen molar-refractivity contribution in [2.75, 3.05) is 33.4 Å². The SMILES string of the molecule is CCCCc1oc2ccc(/C=N/OC)cc2c1C(=O)c1ccc(OCCCN(CCCC)CCCC)cc1.O=C(O)C(=O)O. The smallest absolute Gasteiger partial charge is 0.414 e. The van der Waals surface area contributed by atoms with Gasteiger partial charge in [0.1, 0.15) is 24.2 Å². The second kappa shape index (κ2) is 19.9. The van der Waals surface area contributed by atoms with E-state index in [1.54, 1.807) is 6.21 Å². The van der Waals surface area contributed by atoms with Gasteiger partial charge in [0.2, 0.25) is 0 Å². The number of furan rings is 1. The van der Waals surface area contributed by atoms with Gasteiger partial charge < -0.3 is 29.1 Å². The quantitative estimate of drug-likeness (QED) is 0.0522. The van der Waals surface area contributed by atoms with Gasteiger partial charge in [-0.3, -0.25) is 4.79 Å². The molecular formula is C34H46N2O8. The monoisotopic (exact) mass is 610 g/mol. The van der Waals surface area contributed by atoms with Crippen molar-refractivity contribution >= 4 is 34.9 Å². The number of carbonyl (C=O) groups is 3. The molecule has 10 nitrogen and oxygen atoms in total. The molecule has 0 radical (unpaired) electrons. The van der Waals surface area contributed by atoms with Crippen molar-refractivity contribution in [2.45, 2.75) is 72.1 Å². The van der Waals surface area contributed by atoms with E-state index in [2.05, 4.69) is 30.8 Å². The first-order valence-corrected chi connectivity index (χ1v) is 15.3. The van der Waals surface area contributed by atoms with E-state index in [0.717, 1.165) is 67.8 Å². The maximum Gasteiger partial charge on any atom is 0.414 e. The molecule has 240 valence electrons. The zero-order chi connectivity index (χ0) is 32.3. The summed E-state index contributed by atoms with van der Waals surface area (Å²) in [6.07, 6.45) is 10.3. The number of unbranched alkanes of at least 4 members (excludes halogenated alkanes) is 3. The van der Waals surface area contributed by atoms with E-state index >= 15 is 0 Å². The predicted molar refractivity (Wildman–Crippen MR) is 171 cm³/mol. The van der Waals surface area contributed by atoms with Crippen LogP contribution in [0.1, 0.15) is 93.0 Å². The molecule has 2 aromatic carbocycles. The van der Waals surface area contributed by atoms with Crippen LogP contribution in [0.15, 0.2) is 52.0 Å². The lowest BCUT2D eigenvalue weighted by Crippen LogP contribution is -2.28. The summed E-state index contributed by atoms with van der Waals surface area (Å²) in [5.41, 5.74) is 2.82. The van der Waals surface area contributed by atoms with Gasteiger partial charge in [0, 0.05) is 23.9 Å². The number of aliphatic carboxylic acids is 2. The Morgan fingerprint density at radius 1 is 0.864 bits per heavy atom. The van der Waals surface area contributed by atoms with Crippen LogP contribution in [0.3, 0.4) is 0 Å². The Morgan fingerprint density at radius 2 is 1.48 bits per heavy atom. The molecule has 10 heteroatoms. The minimum atomic E-state index is -1.82. The zero-order valence-electron chi connectivity index (χ0n) is 26.3. The fourth-order valence-corrected chi connectivity index (χ4v) is 4.55. The highest BCUT2D eigenvalue weighted by atomic mass is 16.6. The number of carboxylic acids is 2. The summed E-state index contributed by atoms with van der Waals surface area (Å²) < 4.78 is 12.1. The van der Waals surface area contributed by atoms with Crippen molar-refractivity contribution in [1.29, 1.82) is 0 Å². The Bertz CT molecular complexity index is 1330. The number of benzene rings is 2. The highest BCUT2D eigenvalue weighted by Gasteiger charge is 2.22. The van der Waals surface area contributed by atoms with E-state index in [9.17, 15) is 4.79 Å². The lowest BCUT2D eigenvalue weighted by molar-refractivity contribution is -0.159. The summed E-state index contributed by atoms with van der Waals surface area (Å²) in [5.74, 6) is -2.16. The molecule has 0 saturated heterocycles. The molecule has 0 aliphatic carbocycles. The maximum atomic E-state index is 13.7. The molecular weight excluding hydrogens is 564 g/mol. The Kier molecular flexibility index (Phi) is 16.3. The van der Waals surface area contributed by atoms with Crippen LogP contribution in [-0.4, -0.2) is 72.4 Å². The molecule has 1 heterocycles. The minimum Gasteiger partial charge on any atom is -0.494 e. The first-order valence-electron chi connectivity index (χ1n) is 15.3. The largest absolute Gasteiger partial charge is 0.494 e. The lowest BCUT2D eigenvalue weighted by atomic mass is 9.97. The van der Waals surface area contributed by atoms with Crippen molar-refractivity contribution in [2.24, 2.45) is 5.16 Å². The fraction of sp³-hybridized carbons (Fsp3) is 0.471. The van der Waals surface area contributed by atoms with E-state index in [1.807, 2.05) is 42.5 Å². The number of rotatable bonds is 18. The van der Waals surface area contributed by atoms with Crippen LogP contribution < -0.4 is 4.74 Å². The number of fused-ring (bicyclic) bond motifs is 1. The second-order valence-corrected chi connectivity index (χ2v) is 10.4. The number of hydrogen-bond donors (Lipinski definition) is 2. The Morgan fingerprint density at radius 3 is 2.05 bits per heavy atom. The molecule has 3 aromatic rings. The van der Waals surface area contributed by atoms with E-state index < -0.39 is 11.9 Å². The molecule has 44 heavy (non-hydrogen) atoms. The van der Waals surface area contributed by atoms with Crippen molar-refractivity contribution in [3.8, 4) is 5.75 Å². The number of ether oxygens (including phenoxy) is 1. The molecule has 0 aliphatic heterocycles. The van der Waals surface area contributed by atoms with Crippen molar-refractivity contribution in [3.05, 3.63) is 64.9 Å². The molecule has 0 fully saturated rings. The standard InChI is InChI=1S/C32H44N2O4.C2H2O4/c1-5-8-12-30-31(28-23-25(24-33-36-4)13-18-29(28)38-30)32(35)26-14-16-27(17-15-26)37-22-11-21-34(19-9-6-2)20-10-7-3;3-1(4)2(5)6/h13-18,23-24H,5-12,19-22H2,1-4H3;(H,3,4)(H,5,6)/b33-24+;. The third kappa shape index (κ3) is 11.8. The van der Waals surface area contributed by atoms with Crippen LogP contribution in [0.4, 0.5) is 0 Å². The van der Waals surface area contributed by atoms with E-state index in [4.69, 9.17) is 33.8 Å². The summed E-state index contributed by atoms with van der Waals surface area (Å²) in [5, 5.41) is 19.4. The highest BCUT2D eigenvalue weighted by molar-refractivity contribution is 6.27. The number of carboxylic acid groups (broad SMARTS) is 2. The topological polar surface area (TPSA) is 139 Å². The first kappa shape index (κ1) is 36.0. The Balaban J connectivity index is 0.00000102. The van der Waals surface area contributed by atoms with E-state index in [-0.39, 0.29) is 5.78 Å². The molecule has 0 unspecified atom stereocenters. The number of carbonyl (C=O) groups excluding carboxylic acids is 1. The fourth-order valence-electron chi connectivity index (χ4n) is 4.55.